The fourth-order valence-corrected chi connectivity index (χ4v) is 4.13. The lowest BCUT2D eigenvalue weighted by Crippen LogP contribution is -2.35. The summed E-state index contributed by atoms with van der Waals surface area (Å²) in [6.45, 7) is 1.84. The molecular weight excluding hydrogens is 382 g/mol. The number of anilines is 1. The zero-order valence-electron chi connectivity index (χ0n) is 16.9. The number of amides is 1. The van der Waals surface area contributed by atoms with Crippen LogP contribution in [0.1, 0.15) is 37.7 Å². The Morgan fingerprint density at radius 3 is 2.87 bits per heavy atom. The predicted molar refractivity (Wildman–Crippen MR) is 112 cm³/mol. The molecule has 7 heteroatoms. The Balaban J connectivity index is 1.82. The number of carbonyl (C=O) groups excluding carboxylic acids is 2. The number of benzene rings is 1. The normalized spacial score (nSPS) is 18.6. The van der Waals surface area contributed by atoms with E-state index in [1.54, 1.807) is 36.7 Å². The van der Waals surface area contributed by atoms with Crippen LogP contribution < -0.4 is 15.4 Å². The minimum absolute atomic E-state index is 0.00132. The number of dihydropyridines is 1. The molecule has 0 radical (unpaired) electrons. The summed E-state index contributed by atoms with van der Waals surface area (Å²) in [6, 6.07) is 8.43. The molecule has 2 aliphatic rings. The summed E-state index contributed by atoms with van der Waals surface area (Å²) in [7, 11) is 1.47. The van der Waals surface area contributed by atoms with Gasteiger partial charge in [0.05, 0.1) is 19.0 Å². The number of methoxy groups -OCH3 is 1. The molecule has 0 bridgehead atoms. The van der Waals surface area contributed by atoms with Crippen LogP contribution in [0.4, 0.5) is 5.69 Å². The van der Waals surface area contributed by atoms with Gasteiger partial charge < -0.3 is 20.5 Å². The minimum atomic E-state index is -0.555. The first-order chi connectivity index (χ1) is 14.5. The summed E-state index contributed by atoms with van der Waals surface area (Å²) in [6.07, 6.45) is 5.18. The third-order valence-electron chi connectivity index (χ3n) is 5.48. The van der Waals surface area contributed by atoms with Crippen LogP contribution in [0.25, 0.3) is 0 Å². The van der Waals surface area contributed by atoms with Gasteiger partial charge in [0.15, 0.2) is 17.3 Å². The van der Waals surface area contributed by atoms with E-state index in [2.05, 4.69) is 15.6 Å². The zero-order chi connectivity index (χ0) is 21.3. The number of carbonyl (C=O) groups is 2. The van der Waals surface area contributed by atoms with Crippen molar-refractivity contribution >= 4 is 17.4 Å². The third-order valence-corrected chi connectivity index (χ3v) is 5.48. The second kappa shape index (κ2) is 8.02. The van der Waals surface area contributed by atoms with Gasteiger partial charge in [-0.15, -0.1) is 0 Å². The van der Waals surface area contributed by atoms with E-state index >= 15 is 0 Å². The zero-order valence-corrected chi connectivity index (χ0v) is 16.9. The first-order valence-electron chi connectivity index (χ1n) is 9.82. The Hall–Kier alpha value is -3.61. The molecule has 0 saturated heterocycles. The number of aromatic hydroxyl groups is 1. The molecule has 1 unspecified atom stereocenters. The molecule has 7 nitrogen and oxygen atoms in total. The van der Waals surface area contributed by atoms with Crippen molar-refractivity contribution in [2.45, 2.75) is 32.1 Å². The molecular formula is C23H23N3O4. The number of rotatable bonds is 4. The molecule has 1 aromatic heterocycles. The number of hydrogen-bond donors (Lipinski definition) is 3. The van der Waals surface area contributed by atoms with Crippen molar-refractivity contribution in [3.8, 4) is 11.5 Å². The van der Waals surface area contributed by atoms with E-state index in [1.807, 2.05) is 6.92 Å². The van der Waals surface area contributed by atoms with Crippen LogP contribution in [0.15, 0.2) is 65.3 Å². The molecule has 0 spiro atoms. The minimum Gasteiger partial charge on any atom is -0.504 e. The number of aromatic nitrogens is 1. The van der Waals surface area contributed by atoms with Crippen molar-refractivity contribution in [1.82, 2.24) is 10.3 Å². The van der Waals surface area contributed by atoms with Crippen molar-refractivity contribution in [3.05, 3.63) is 70.8 Å². The Kier molecular flexibility index (Phi) is 5.27. The quantitative estimate of drug-likeness (QED) is 0.721. The van der Waals surface area contributed by atoms with Crippen LogP contribution >= 0.6 is 0 Å². The number of hydrogen-bond acceptors (Lipinski definition) is 6. The highest BCUT2D eigenvalue weighted by atomic mass is 16.5. The molecule has 30 heavy (non-hydrogen) atoms. The predicted octanol–water partition coefficient (Wildman–Crippen LogP) is 3.40. The Bertz CT molecular complexity index is 1070. The molecule has 3 N–H and O–H groups in total. The molecule has 4 rings (SSSR count). The van der Waals surface area contributed by atoms with Gasteiger partial charge in [-0.25, -0.2) is 0 Å². The van der Waals surface area contributed by atoms with E-state index in [0.29, 0.717) is 40.3 Å². The number of ether oxygens (including phenoxy) is 1. The molecule has 0 fully saturated rings. The summed E-state index contributed by atoms with van der Waals surface area (Å²) in [5, 5.41) is 16.2. The Morgan fingerprint density at radius 1 is 1.30 bits per heavy atom. The van der Waals surface area contributed by atoms with Gasteiger partial charge in [0.25, 0.3) is 5.91 Å². The number of Topliss-reactive ketones (excluding diaryl/α,β-unsaturated/α-hetero) is 1. The van der Waals surface area contributed by atoms with Gasteiger partial charge in [-0.2, -0.15) is 0 Å². The standard InChI is InChI=1S/C23H23N3O4/c1-13-20(23(29)26-15-5-4-10-24-12-15)21(14-8-9-17(27)19(11-14)30-2)22-16(25-13)6-3-7-18(22)28/h4-5,8-12,21,25,27H,3,6-7H2,1-2H3,(H,26,29). The molecule has 2 heterocycles. The number of phenols is 1. The van der Waals surface area contributed by atoms with Crippen LogP contribution in [0, 0.1) is 0 Å². The molecule has 1 amide bonds. The lowest BCUT2D eigenvalue weighted by molar-refractivity contribution is -0.116. The molecule has 0 saturated carbocycles. The molecule has 1 aliphatic carbocycles. The fourth-order valence-electron chi connectivity index (χ4n) is 4.13. The average molecular weight is 405 g/mol. The van der Waals surface area contributed by atoms with Crippen LogP contribution in [-0.4, -0.2) is 28.9 Å². The highest BCUT2D eigenvalue weighted by Crippen LogP contribution is 2.44. The van der Waals surface area contributed by atoms with Gasteiger partial charge >= 0.3 is 0 Å². The van der Waals surface area contributed by atoms with Gasteiger partial charge in [0, 0.05) is 41.1 Å². The van der Waals surface area contributed by atoms with Gasteiger partial charge in [-0.3, -0.25) is 14.6 Å². The van der Waals surface area contributed by atoms with Gasteiger partial charge in [-0.1, -0.05) is 6.07 Å². The lowest BCUT2D eigenvalue weighted by Gasteiger charge is -2.34. The summed E-state index contributed by atoms with van der Waals surface area (Å²) in [5.41, 5.74) is 3.90. The lowest BCUT2D eigenvalue weighted by atomic mass is 9.75. The van der Waals surface area contributed by atoms with Gasteiger partial charge in [0.2, 0.25) is 0 Å². The molecule has 2 aromatic rings. The molecule has 1 atom stereocenters. The average Bonchev–Trinajstić information content (AvgIpc) is 2.74. The molecule has 154 valence electrons. The summed E-state index contributed by atoms with van der Waals surface area (Å²) in [5.74, 6) is -0.544. The Morgan fingerprint density at radius 2 is 2.13 bits per heavy atom. The van der Waals surface area contributed by atoms with Gasteiger partial charge in [-0.05, 0) is 49.6 Å². The van der Waals surface area contributed by atoms with Crippen LogP contribution in [0.3, 0.4) is 0 Å². The van der Waals surface area contributed by atoms with Crippen molar-refractivity contribution in [3.63, 3.8) is 0 Å². The van der Waals surface area contributed by atoms with Crippen LogP contribution in [0.2, 0.25) is 0 Å². The second-order valence-electron chi connectivity index (χ2n) is 7.39. The maximum absolute atomic E-state index is 13.3. The highest BCUT2D eigenvalue weighted by molar-refractivity contribution is 6.09. The number of phenolic OH excluding ortho intramolecular Hbond substituents is 1. The maximum Gasteiger partial charge on any atom is 0.254 e. The van der Waals surface area contributed by atoms with E-state index in [-0.39, 0.29) is 17.4 Å². The van der Waals surface area contributed by atoms with E-state index in [9.17, 15) is 14.7 Å². The van der Waals surface area contributed by atoms with Crippen molar-refractivity contribution in [2.75, 3.05) is 12.4 Å². The topological polar surface area (TPSA) is 101 Å². The number of nitrogens with zero attached hydrogens (tertiary/aromatic N) is 1. The number of pyridine rings is 1. The first kappa shape index (κ1) is 19.7. The van der Waals surface area contributed by atoms with E-state index in [1.165, 1.54) is 13.2 Å². The first-order valence-corrected chi connectivity index (χ1v) is 9.82. The maximum atomic E-state index is 13.3. The summed E-state index contributed by atoms with van der Waals surface area (Å²) in [4.78, 5) is 30.3. The monoisotopic (exact) mass is 405 g/mol. The second-order valence-corrected chi connectivity index (χ2v) is 7.39. The largest absolute Gasteiger partial charge is 0.504 e. The molecule has 1 aromatic carbocycles. The summed E-state index contributed by atoms with van der Waals surface area (Å²) >= 11 is 0. The van der Waals surface area contributed by atoms with Crippen LogP contribution in [-0.2, 0) is 9.59 Å². The SMILES string of the molecule is COc1cc(C2C(C(=O)Nc3cccnc3)=C(C)NC3=C2C(=O)CCC3)ccc1O. The summed E-state index contributed by atoms with van der Waals surface area (Å²) < 4.78 is 5.27. The van der Waals surface area contributed by atoms with E-state index in [0.717, 1.165) is 18.5 Å². The third kappa shape index (κ3) is 3.54. The van der Waals surface area contributed by atoms with Gasteiger partial charge in [0.1, 0.15) is 0 Å². The van der Waals surface area contributed by atoms with Crippen LogP contribution in [0.5, 0.6) is 11.5 Å². The number of ketones is 1. The number of nitrogens with one attached hydrogen (secondary N) is 2. The highest BCUT2D eigenvalue weighted by Gasteiger charge is 2.38. The van der Waals surface area contributed by atoms with Crippen molar-refractivity contribution in [2.24, 2.45) is 0 Å². The molecule has 1 aliphatic heterocycles. The van der Waals surface area contributed by atoms with E-state index < -0.39 is 5.92 Å². The van der Waals surface area contributed by atoms with Crippen molar-refractivity contribution < 1.29 is 19.4 Å². The fraction of sp³-hybridized carbons (Fsp3) is 0.261. The number of allylic oxidation sites excluding steroid dienone is 3. The van der Waals surface area contributed by atoms with Crippen molar-refractivity contribution in [1.29, 1.82) is 0 Å². The smallest absolute Gasteiger partial charge is 0.254 e. The Labute approximate surface area is 174 Å². The van der Waals surface area contributed by atoms with E-state index in [4.69, 9.17) is 4.74 Å².